The minimum atomic E-state index is -0.0791. The molecule has 5 heteroatoms. The topological polar surface area (TPSA) is 41.5 Å². The number of benzene rings is 1. The van der Waals surface area contributed by atoms with E-state index >= 15 is 0 Å². The Labute approximate surface area is 111 Å². The molecule has 17 heavy (non-hydrogen) atoms. The second-order valence-electron chi connectivity index (χ2n) is 4.32. The van der Waals surface area contributed by atoms with Gasteiger partial charge in [0.1, 0.15) is 0 Å². The molecule has 1 saturated heterocycles. The average Bonchev–Trinajstić information content (AvgIpc) is 2.69. The van der Waals surface area contributed by atoms with Gasteiger partial charge in [-0.2, -0.15) is 0 Å². The molecule has 0 radical (unpaired) electrons. The molecule has 1 aromatic rings. The molecule has 1 fully saturated rings. The van der Waals surface area contributed by atoms with Crippen LogP contribution in [-0.2, 0) is 4.74 Å². The van der Waals surface area contributed by atoms with Gasteiger partial charge in [-0.1, -0.05) is 23.2 Å². The lowest BCUT2D eigenvalue weighted by Gasteiger charge is -2.14. The van der Waals surface area contributed by atoms with Gasteiger partial charge in [-0.05, 0) is 31.9 Å². The maximum atomic E-state index is 9.43. The number of nitrogens with one attached hydrogen (secondary N) is 1. The quantitative estimate of drug-likeness (QED) is 0.827. The van der Waals surface area contributed by atoms with Gasteiger partial charge in [0.2, 0.25) is 0 Å². The van der Waals surface area contributed by atoms with E-state index in [-0.39, 0.29) is 21.9 Å². The van der Waals surface area contributed by atoms with Crippen LogP contribution in [0.25, 0.3) is 0 Å². The van der Waals surface area contributed by atoms with Crippen LogP contribution in [0.4, 0.5) is 5.69 Å². The third-order valence-electron chi connectivity index (χ3n) is 2.87. The second-order valence-corrected chi connectivity index (χ2v) is 5.13. The van der Waals surface area contributed by atoms with Crippen LogP contribution in [0.3, 0.4) is 0 Å². The predicted octanol–water partition coefficient (Wildman–Crippen LogP) is 3.68. The van der Waals surface area contributed by atoms with Gasteiger partial charge in [0.15, 0.2) is 5.75 Å². The number of ether oxygens (including phenoxy) is 1. The Morgan fingerprint density at radius 3 is 2.53 bits per heavy atom. The lowest BCUT2D eigenvalue weighted by molar-refractivity contribution is 0.0637. The Bertz CT molecular complexity index is 388. The Balaban J connectivity index is 1.95. The van der Waals surface area contributed by atoms with Crippen molar-refractivity contribution in [2.45, 2.75) is 32.0 Å². The van der Waals surface area contributed by atoms with Gasteiger partial charge in [-0.3, -0.25) is 0 Å². The van der Waals surface area contributed by atoms with Crippen LogP contribution < -0.4 is 5.32 Å². The van der Waals surface area contributed by atoms with Gasteiger partial charge in [-0.15, -0.1) is 0 Å². The average molecular weight is 276 g/mol. The van der Waals surface area contributed by atoms with Crippen molar-refractivity contribution in [2.75, 3.05) is 11.9 Å². The minimum Gasteiger partial charge on any atom is -0.505 e. The zero-order chi connectivity index (χ0) is 12.4. The first kappa shape index (κ1) is 12.8. The van der Waals surface area contributed by atoms with E-state index in [1.54, 1.807) is 12.1 Å². The van der Waals surface area contributed by atoms with Crippen LogP contribution in [0.5, 0.6) is 5.75 Å². The fourth-order valence-electron chi connectivity index (χ4n) is 1.93. The van der Waals surface area contributed by atoms with Gasteiger partial charge in [0.25, 0.3) is 0 Å². The lowest BCUT2D eigenvalue weighted by atomic mass is 10.2. The number of anilines is 1. The van der Waals surface area contributed by atoms with E-state index in [1.807, 2.05) is 0 Å². The second kappa shape index (κ2) is 5.34. The zero-order valence-corrected chi connectivity index (χ0v) is 11.1. The van der Waals surface area contributed by atoms with Crippen molar-refractivity contribution in [1.29, 1.82) is 0 Å². The summed E-state index contributed by atoms with van der Waals surface area (Å²) >= 11 is 11.7. The third kappa shape index (κ3) is 3.18. The molecule has 0 aromatic heterocycles. The Kier molecular flexibility index (Phi) is 4.02. The molecule has 0 spiro atoms. The molecule has 2 rings (SSSR count). The van der Waals surface area contributed by atoms with Crippen molar-refractivity contribution in [2.24, 2.45) is 0 Å². The molecule has 94 valence electrons. The molecule has 0 aliphatic carbocycles. The van der Waals surface area contributed by atoms with Crippen LogP contribution in [0, 0.1) is 0 Å². The summed E-state index contributed by atoms with van der Waals surface area (Å²) in [6.45, 7) is 2.80. The van der Waals surface area contributed by atoms with Crippen LogP contribution >= 0.6 is 23.2 Å². The van der Waals surface area contributed by atoms with E-state index in [2.05, 4.69) is 12.2 Å². The Hall–Kier alpha value is -0.640. The van der Waals surface area contributed by atoms with Crippen molar-refractivity contribution in [3.63, 3.8) is 0 Å². The number of hydrogen-bond donors (Lipinski definition) is 2. The highest BCUT2D eigenvalue weighted by atomic mass is 35.5. The SMILES string of the molecule is CC1CCC(CNc2cc(Cl)c(O)c(Cl)c2)O1. The fourth-order valence-corrected chi connectivity index (χ4v) is 2.42. The summed E-state index contributed by atoms with van der Waals surface area (Å²) < 4.78 is 5.69. The number of rotatable bonds is 3. The minimum absolute atomic E-state index is 0.0791. The summed E-state index contributed by atoms with van der Waals surface area (Å²) in [7, 11) is 0. The monoisotopic (exact) mass is 275 g/mol. The van der Waals surface area contributed by atoms with Crippen molar-refractivity contribution in [3.8, 4) is 5.75 Å². The molecular weight excluding hydrogens is 261 g/mol. The maximum absolute atomic E-state index is 9.43. The molecule has 2 atom stereocenters. The first-order valence-corrected chi connectivity index (χ1v) is 6.39. The Morgan fingerprint density at radius 1 is 1.35 bits per heavy atom. The number of aromatic hydroxyl groups is 1. The number of hydrogen-bond acceptors (Lipinski definition) is 3. The fraction of sp³-hybridized carbons (Fsp3) is 0.500. The van der Waals surface area contributed by atoms with E-state index in [4.69, 9.17) is 27.9 Å². The highest BCUT2D eigenvalue weighted by Crippen LogP contribution is 2.34. The van der Waals surface area contributed by atoms with Gasteiger partial charge in [0, 0.05) is 12.2 Å². The number of halogens is 2. The van der Waals surface area contributed by atoms with E-state index in [0.717, 1.165) is 25.1 Å². The zero-order valence-electron chi connectivity index (χ0n) is 9.54. The summed E-state index contributed by atoms with van der Waals surface area (Å²) in [6.07, 6.45) is 2.74. The molecule has 1 aliphatic heterocycles. The van der Waals surface area contributed by atoms with Gasteiger partial charge in [0.05, 0.1) is 22.3 Å². The van der Waals surface area contributed by atoms with Gasteiger partial charge < -0.3 is 15.2 Å². The molecule has 1 aliphatic rings. The molecule has 0 amide bonds. The van der Waals surface area contributed by atoms with E-state index in [9.17, 15) is 5.11 Å². The normalized spacial score (nSPS) is 23.9. The number of phenolic OH excluding ortho intramolecular Hbond substituents is 1. The highest BCUT2D eigenvalue weighted by Gasteiger charge is 2.21. The summed E-state index contributed by atoms with van der Waals surface area (Å²) in [4.78, 5) is 0. The smallest absolute Gasteiger partial charge is 0.152 e. The molecule has 0 saturated carbocycles. The van der Waals surface area contributed by atoms with E-state index < -0.39 is 0 Å². The van der Waals surface area contributed by atoms with Crippen LogP contribution in [0.1, 0.15) is 19.8 Å². The molecule has 3 nitrogen and oxygen atoms in total. The molecule has 2 unspecified atom stereocenters. The van der Waals surface area contributed by atoms with Crippen molar-refractivity contribution < 1.29 is 9.84 Å². The molecular formula is C12H15Cl2NO2. The van der Waals surface area contributed by atoms with Crippen molar-refractivity contribution in [1.82, 2.24) is 0 Å². The standard InChI is InChI=1S/C12H15Cl2NO2/c1-7-2-3-9(17-7)6-15-8-4-10(13)12(16)11(14)5-8/h4-5,7,9,15-16H,2-3,6H2,1H3. The van der Waals surface area contributed by atoms with Crippen molar-refractivity contribution >= 4 is 28.9 Å². The molecule has 0 bridgehead atoms. The van der Waals surface area contributed by atoms with Gasteiger partial charge >= 0.3 is 0 Å². The first-order valence-electron chi connectivity index (χ1n) is 5.63. The van der Waals surface area contributed by atoms with Crippen LogP contribution in [0.2, 0.25) is 10.0 Å². The summed E-state index contributed by atoms with van der Waals surface area (Å²) in [5.74, 6) is -0.0791. The third-order valence-corrected chi connectivity index (χ3v) is 3.45. The van der Waals surface area contributed by atoms with Crippen molar-refractivity contribution in [3.05, 3.63) is 22.2 Å². The summed E-state index contributed by atoms with van der Waals surface area (Å²) in [5.41, 5.74) is 0.793. The molecule has 1 aromatic carbocycles. The predicted molar refractivity (Wildman–Crippen MR) is 70.2 cm³/mol. The van der Waals surface area contributed by atoms with Crippen LogP contribution in [-0.4, -0.2) is 23.9 Å². The number of phenols is 1. The first-order chi connectivity index (χ1) is 8.06. The lowest BCUT2D eigenvalue weighted by Crippen LogP contribution is -2.19. The molecule has 1 heterocycles. The van der Waals surface area contributed by atoms with E-state index in [1.165, 1.54) is 0 Å². The largest absolute Gasteiger partial charge is 0.505 e. The summed E-state index contributed by atoms with van der Waals surface area (Å²) in [6, 6.07) is 3.31. The van der Waals surface area contributed by atoms with Gasteiger partial charge in [-0.25, -0.2) is 0 Å². The Morgan fingerprint density at radius 2 is 2.00 bits per heavy atom. The summed E-state index contributed by atoms with van der Waals surface area (Å²) in [5, 5.41) is 13.1. The highest BCUT2D eigenvalue weighted by molar-refractivity contribution is 6.37. The maximum Gasteiger partial charge on any atom is 0.152 e. The van der Waals surface area contributed by atoms with Crippen LogP contribution in [0.15, 0.2) is 12.1 Å². The molecule has 2 N–H and O–H groups in total. The van der Waals surface area contributed by atoms with E-state index in [0.29, 0.717) is 6.10 Å².